The molecule has 0 saturated heterocycles. The monoisotopic (exact) mass is 390 g/mol. The van der Waals surface area contributed by atoms with Gasteiger partial charge in [-0.2, -0.15) is 0 Å². The van der Waals surface area contributed by atoms with E-state index in [1.165, 1.54) is 6.07 Å². The molecule has 2 aromatic carbocycles. The zero-order valence-corrected chi connectivity index (χ0v) is 13.5. The predicted molar refractivity (Wildman–Crippen MR) is 80.7 cm³/mol. The first-order valence-electron chi connectivity index (χ1n) is 5.33. The predicted octanol–water partition coefficient (Wildman–Crippen LogP) is 5.99. The van der Waals surface area contributed by atoms with Crippen LogP contribution in [0.4, 0.5) is 4.39 Å². The summed E-state index contributed by atoms with van der Waals surface area (Å²) in [5, 5.41) is -0.293. The highest BCUT2D eigenvalue weighted by Crippen LogP contribution is 2.33. The van der Waals surface area contributed by atoms with Crippen LogP contribution in [0.25, 0.3) is 0 Å². The summed E-state index contributed by atoms with van der Waals surface area (Å²) in [5.41, 5.74) is 2.98. The van der Waals surface area contributed by atoms with Crippen molar-refractivity contribution in [3.8, 4) is 0 Å². The van der Waals surface area contributed by atoms with Crippen LogP contribution in [0.15, 0.2) is 45.3 Å². The van der Waals surface area contributed by atoms with Crippen LogP contribution in [0, 0.1) is 12.7 Å². The largest absolute Gasteiger partial charge is 0.206 e. The SMILES string of the molecule is Cc1cc(Br)cc(C(Cl)c2ccc(F)c(Br)c2)c1. The minimum Gasteiger partial charge on any atom is -0.206 e. The number of rotatable bonds is 2. The van der Waals surface area contributed by atoms with Crippen molar-refractivity contribution in [2.75, 3.05) is 0 Å². The molecule has 94 valence electrons. The van der Waals surface area contributed by atoms with Crippen LogP contribution in [0.1, 0.15) is 22.1 Å². The lowest BCUT2D eigenvalue weighted by atomic mass is 10.0. The fraction of sp³-hybridized carbons (Fsp3) is 0.143. The molecule has 2 rings (SSSR count). The summed E-state index contributed by atoms with van der Waals surface area (Å²) < 4.78 is 14.6. The molecule has 2 aromatic rings. The quantitative estimate of drug-likeness (QED) is 0.551. The van der Waals surface area contributed by atoms with E-state index in [9.17, 15) is 4.39 Å². The second kappa shape index (κ2) is 5.72. The number of hydrogen-bond acceptors (Lipinski definition) is 0. The van der Waals surface area contributed by atoms with Crippen molar-refractivity contribution in [1.82, 2.24) is 0 Å². The van der Waals surface area contributed by atoms with Crippen LogP contribution in [0.5, 0.6) is 0 Å². The minimum absolute atomic E-state index is 0.284. The van der Waals surface area contributed by atoms with Crippen LogP contribution in [-0.2, 0) is 0 Å². The van der Waals surface area contributed by atoms with Crippen molar-refractivity contribution in [2.45, 2.75) is 12.3 Å². The topological polar surface area (TPSA) is 0 Å². The van der Waals surface area contributed by atoms with Crippen molar-refractivity contribution in [3.63, 3.8) is 0 Å². The number of benzene rings is 2. The Kier molecular flexibility index (Phi) is 4.46. The van der Waals surface area contributed by atoms with Gasteiger partial charge in [0, 0.05) is 4.47 Å². The lowest BCUT2D eigenvalue weighted by Gasteiger charge is -2.12. The van der Waals surface area contributed by atoms with Gasteiger partial charge in [0.1, 0.15) is 5.82 Å². The molecule has 0 nitrogen and oxygen atoms in total. The first-order valence-corrected chi connectivity index (χ1v) is 7.36. The van der Waals surface area contributed by atoms with Crippen molar-refractivity contribution < 1.29 is 4.39 Å². The molecule has 0 aromatic heterocycles. The van der Waals surface area contributed by atoms with Gasteiger partial charge in [-0.1, -0.05) is 28.1 Å². The Morgan fingerprint density at radius 3 is 2.39 bits per heavy atom. The fourth-order valence-electron chi connectivity index (χ4n) is 1.77. The maximum absolute atomic E-state index is 13.2. The highest BCUT2D eigenvalue weighted by molar-refractivity contribution is 9.10. The molecular formula is C14H10Br2ClF. The third kappa shape index (κ3) is 3.14. The summed E-state index contributed by atoms with van der Waals surface area (Å²) in [6, 6.07) is 10.9. The average Bonchev–Trinajstić information content (AvgIpc) is 2.30. The maximum Gasteiger partial charge on any atom is 0.137 e. The van der Waals surface area contributed by atoms with E-state index in [-0.39, 0.29) is 11.2 Å². The second-order valence-electron chi connectivity index (χ2n) is 4.10. The van der Waals surface area contributed by atoms with Crippen molar-refractivity contribution in [3.05, 3.63) is 67.9 Å². The van der Waals surface area contributed by atoms with E-state index in [4.69, 9.17) is 11.6 Å². The Balaban J connectivity index is 2.40. The number of hydrogen-bond donors (Lipinski definition) is 0. The van der Waals surface area contributed by atoms with Crippen molar-refractivity contribution >= 4 is 43.5 Å². The molecule has 1 atom stereocenters. The van der Waals surface area contributed by atoms with E-state index in [0.717, 1.165) is 21.2 Å². The lowest BCUT2D eigenvalue weighted by molar-refractivity contribution is 0.620. The van der Waals surface area contributed by atoms with Crippen molar-refractivity contribution in [2.24, 2.45) is 0 Å². The molecule has 0 heterocycles. The molecule has 0 amide bonds. The van der Waals surface area contributed by atoms with Gasteiger partial charge in [0.25, 0.3) is 0 Å². The van der Waals surface area contributed by atoms with E-state index in [1.807, 2.05) is 25.1 Å². The third-order valence-corrected chi connectivity index (χ3v) is 4.16. The summed E-state index contributed by atoms with van der Waals surface area (Å²) in [6.45, 7) is 2.01. The summed E-state index contributed by atoms with van der Waals surface area (Å²) in [5.74, 6) is -0.284. The lowest BCUT2D eigenvalue weighted by Crippen LogP contribution is -1.95. The van der Waals surface area contributed by atoms with Crippen LogP contribution in [0.3, 0.4) is 0 Å². The molecular weight excluding hydrogens is 382 g/mol. The van der Waals surface area contributed by atoms with Crippen LogP contribution in [0.2, 0.25) is 0 Å². The summed E-state index contributed by atoms with van der Waals surface area (Å²) >= 11 is 13.1. The number of alkyl halides is 1. The first kappa shape index (κ1) is 14.0. The molecule has 0 aliphatic rings. The summed E-state index contributed by atoms with van der Waals surface area (Å²) in [6.07, 6.45) is 0. The molecule has 0 spiro atoms. The molecule has 0 fully saturated rings. The van der Waals surface area contributed by atoms with E-state index in [1.54, 1.807) is 12.1 Å². The zero-order chi connectivity index (χ0) is 13.3. The maximum atomic E-state index is 13.2. The number of halogens is 4. The van der Waals surface area contributed by atoms with Gasteiger partial charge in [-0.15, -0.1) is 11.6 Å². The van der Waals surface area contributed by atoms with Gasteiger partial charge in [-0.3, -0.25) is 0 Å². The summed E-state index contributed by atoms with van der Waals surface area (Å²) in [7, 11) is 0. The minimum atomic E-state index is -0.293. The standard InChI is InChI=1S/C14H10Br2ClF/c1-8-4-10(6-11(15)5-8)14(17)9-2-3-13(18)12(16)7-9/h2-7,14H,1H3. The van der Waals surface area contributed by atoms with Crippen LogP contribution >= 0.6 is 43.5 Å². The van der Waals surface area contributed by atoms with Gasteiger partial charge in [-0.25, -0.2) is 4.39 Å². The molecule has 0 N–H and O–H groups in total. The highest BCUT2D eigenvalue weighted by Gasteiger charge is 2.13. The molecule has 0 bridgehead atoms. The van der Waals surface area contributed by atoms with Crippen molar-refractivity contribution in [1.29, 1.82) is 0 Å². The molecule has 0 aliphatic carbocycles. The van der Waals surface area contributed by atoms with Gasteiger partial charge in [0.2, 0.25) is 0 Å². The van der Waals surface area contributed by atoms with Crippen LogP contribution < -0.4 is 0 Å². The third-order valence-electron chi connectivity index (χ3n) is 2.59. The van der Waals surface area contributed by atoms with Gasteiger partial charge in [0.05, 0.1) is 9.85 Å². The Labute approximate surface area is 127 Å². The normalized spacial score (nSPS) is 12.5. The molecule has 4 heteroatoms. The first-order chi connectivity index (χ1) is 8.47. The summed E-state index contributed by atoms with van der Waals surface area (Å²) in [4.78, 5) is 0. The molecule has 1 unspecified atom stereocenters. The van der Waals surface area contributed by atoms with E-state index >= 15 is 0 Å². The Bertz CT molecular complexity index is 564. The smallest absolute Gasteiger partial charge is 0.137 e. The Hall–Kier alpha value is -0.380. The van der Waals surface area contributed by atoms with Gasteiger partial charge in [0.15, 0.2) is 0 Å². The molecule has 0 saturated carbocycles. The number of aryl methyl sites for hydroxylation is 1. The van der Waals surface area contributed by atoms with Gasteiger partial charge >= 0.3 is 0 Å². The van der Waals surface area contributed by atoms with E-state index < -0.39 is 0 Å². The Morgan fingerprint density at radius 1 is 1.06 bits per heavy atom. The van der Waals surface area contributed by atoms with Gasteiger partial charge < -0.3 is 0 Å². The van der Waals surface area contributed by atoms with Gasteiger partial charge in [-0.05, 0) is 63.8 Å². The molecule has 18 heavy (non-hydrogen) atoms. The second-order valence-corrected chi connectivity index (χ2v) is 6.30. The fourth-order valence-corrected chi connectivity index (χ4v) is 3.06. The van der Waals surface area contributed by atoms with Crippen LogP contribution in [-0.4, -0.2) is 0 Å². The Morgan fingerprint density at radius 2 is 1.78 bits per heavy atom. The van der Waals surface area contributed by atoms with E-state index in [2.05, 4.69) is 31.9 Å². The zero-order valence-electron chi connectivity index (χ0n) is 9.55. The average molecular weight is 392 g/mol. The molecule has 0 aliphatic heterocycles. The van der Waals surface area contributed by atoms with E-state index in [0.29, 0.717) is 4.47 Å². The molecule has 0 radical (unpaired) electrons. The highest BCUT2D eigenvalue weighted by atomic mass is 79.9.